The Morgan fingerprint density at radius 2 is 1.07 bits per heavy atom. The molecule has 0 heterocycles. The summed E-state index contributed by atoms with van der Waals surface area (Å²) in [6.07, 6.45) is 1.64. The number of aliphatic hydroxyl groups excluding tert-OH is 1. The van der Waals surface area contributed by atoms with Crippen LogP contribution in [-0.4, -0.2) is 5.11 Å². The van der Waals surface area contributed by atoms with Gasteiger partial charge in [-0.25, -0.2) is 0 Å². The average molecular weight is 204 g/mol. The molecule has 0 unspecified atom stereocenters. The van der Waals surface area contributed by atoms with Crippen molar-refractivity contribution in [3.05, 3.63) is 0 Å². The van der Waals surface area contributed by atoms with E-state index < -0.39 is 0 Å². The highest BCUT2D eigenvalue weighted by Gasteiger charge is 1.49. The summed E-state index contributed by atoms with van der Waals surface area (Å²) in [5.74, 6) is 11.8. The van der Waals surface area contributed by atoms with Gasteiger partial charge in [0.25, 0.3) is 0 Å². The lowest BCUT2D eigenvalue weighted by atomic mass is 10.5. The smallest absolute Gasteiger partial charge is 0.122 e. The zero-order valence-electron chi connectivity index (χ0n) is 7.28. The Kier molecular flexibility index (Phi) is 257. The van der Waals surface area contributed by atoms with Crippen molar-refractivity contribution in [1.82, 2.24) is 24.6 Å². The van der Waals surface area contributed by atoms with Gasteiger partial charge < -0.3 is 29.7 Å². The van der Waals surface area contributed by atoms with E-state index in [0.717, 1.165) is 0 Å². The predicted molar refractivity (Wildman–Crippen MR) is 64.5 cm³/mol. The van der Waals surface area contributed by atoms with Gasteiger partial charge >= 0.3 is 0 Å². The van der Waals surface area contributed by atoms with Gasteiger partial charge in [0, 0.05) is 11.8 Å². The van der Waals surface area contributed by atoms with Crippen molar-refractivity contribution in [2.75, 3.05) is 0 Å². The molecule has 0 aromatic carbocycles. The summed E-state index contributed by atoms with van der Waals surface area (Å²) in [6, 6.07) is 0. The van der Waals surface area contributed by atoms with E-state index in [1.165, 1.54) is 0 Å². The van der Waals surface area contributed by atoms with Crippen molar-refractivity contribution in [3.8, 4) is 35.7 Å². The van der Waals surface area contributed by atoms with Gasteiger partial charge in [-0.2, -0.15) is 0 Å². The molecule has 0 atom stereocenters. The Bertz CT molecular complexity index is 207. The first-order valence-electron chi connectivity index (χ1n) is 1.97. The Morgan fingerprint density at radius 3 is 1.36 bits per heavy atom. The molecule has 0 spiro atoms. The van der Waals surface area contributed by atoms with Crippen LogP contribution >= 0.6 is 0 Å². The van der Waals surface area contributed by atoms with Gasteiger partial charge in [-0.3, -0.25) is 0 Å². The van der Waals surface area contributed by atoms with Crippen LogP contribution in [0.5, 0.6) is 0 Å². The maximum absolute atomic E-state index is 7.85. The van der Waals surface area contributed by atoms with Gasteiger partial charge in [-0.15, -0.1) is 0 Å². The van der Waals surface area contributed by atoms with E-state index in [9.17, 15) is 0 Å². The molecule has 0 aliphatic carbocycles. The third-order valence-electron chi connectivity index (χ3n) is 0.368. The molecule has 5 heteroatoms. The van der Waals surface area contributed by atoms with Crippen LogP contribution in [0.4, 0.5) is 0 Å². The quantitative estimate of drug-likeness (QED) is 0.382. The van der Waals surface area contributed by atoms with Crippen LogP contribution in [-0.2, 0) is 0 Å². The molecule has 0 fully saturated rings. The summed E-state index contributed by atoms with van der Waals surface area (Å²) < 4.78 is 0. The van der Waals surface area contributed by atoms with E-state index in [4.69, 9.17) is 5.11 Å². The van der Waals surface area contributed by atoms with Crippen molar-refractivity contribution < 1.29 is 5.11 Å². The second kappa shape index (κ2) is 64.6. The average Bonchev–Trinajstić information content (AvgIpc) is 1.81. The SMILES string of the molecule is C.C.CC#CC#CC#CO.N.N.N.N. The summed E-state index contributed by atoms with van der Waals surface area (Å²) >= 11 is 0. The maximum atomic E-state index is 7.85. The molecule has 0 saturated carbocycles. The second-order valence-corrected chi connectivity index (χ2v) is 0.862. The molecule has 0 aliphatic rings. The van der Waals surface area contributed by atoms with Crippen LogP contribution in [0.1, 0.15) is 21.8 Å². The van der Waals surface area contributed by atoms with Crippen molar-refractivity contribution >= 4 is 0 Å². The number of hydrogen-bond donors (Lipinski definition) is 5. The zero-order chi connectivity index (χ0) is 6.24. The molecule has 0 rings (SSSR count). The lowest BCUT2D eigenvalue weighted by Crippen LogP contribution is -1.51. The fourth-order valence-electron chi connectivity index (χ4n) is 0.153. The Morgan fingerprint density at radius 1 is 0.714 bits per heavy atom. The third kappa shape index (κ3) is 81.3. The Hall–Kier alpha value is -1.68. The highest BCUT2D eigenvalue weighted by molar-refractivity contribution is 5.34. The van der Waals surface area contributed by atoms with Crippen molar-refractivity contribution in [3.63, 3.8) is 0 Å². The van der Waals surface area contributed by atoms with Crippen molar-refractivity contribution in [2.45, 2.75) is 21.8 Å². The molecule has 5 nitrogen and oxygen atoms in total. The van der Waals surface area contributed by atoms with Gasteiger partial charge in [-0.05, 0) is 18.8 Å². The molecule has 0 aromatic heterocycles. The molecule has 14 heavy (non-hydrogen) atoms. The Balaban J connectivity index is -0.0000000163. The van der Waals surface area contributed by atoms with E-state index in [2.05, 4.69) is 29.6 Å². The lowest BCUT2D eigenvalue weighted by molar-refractivity contribution is 0.517. The van der Waals surface area contributed by atoms with Crippen molar-refractivity contribution in [2.24, 2.45) is 0 Å². The van der Waals surface area contributed by atoms with Crippen LogP contribution in [0.25, 0.3) is 0 Å². The van der Waals surface area contributed by atoms with Gasteiger partial charge in [0.15, 0.2) is 0 Å². The van der Waals surface area contributed by atoms with Gasteiger partial charge in [0.1, 0.15) is 6.11 Å². The molecule has 0 radical (unpaired) electrons. The fourth-order valence-corrected chi connectivity index (χ4v) is 0.153. The molecule has 0 saturated heterocycles. The first-order valence-corrected chi connectivity index (χ1v) is 1.97. The molecular weight excluding hydrogens is 180 g/mol. The first kappa shape index (κ1) is 55.8. The lowest BCUT2D eigenvalue weighted by Gasteiger charge is -1.52. The summed E-state index contributed by atoms with van der Waals surface area (Å²) in [4.78, 5) is 0. The minimum Gasteiger partial charge on any atom is -0.461 e. The van der Waals surface area contributed by atoms with Crippen molar-refractivity contribution in [1.29, 1.82) is 0 Å². The zero-order valence-corrected chi connectivity index (χ0v) is 7.28. The summed E-state index contributed by atoms with van der Waals surface area (Å²) in [5, 5.41) is 7.85. The van der Waals surface area contributed by atoms with Gasteiger partial charge in [0.05, 0.1) is 0 Å². The van der Waals surface area contributed by atoms with Crippen LogP contribution in [0, 0.1) is 35.7 Å². The van der Waals surface area contributed by atoms with E-state index in [0.29, 0.717) is 0 Å². The highest BCUT2D eigenvalue weighted by atomic mass is 16.2. The largest absolute Gasteiger partial charge is 0.461 e. The van der Waals surface area contributed by atoms with Crippen LogP contribution in [0.2, 0.25) is 0 Å². The highest BCUT2D eigenvalue weighted by Crippen LogP contribution is 1.50. The third-order valence-corrected chi connectivity index (χ3v) is 0.368. The minimum absolute atomic E-state index is 0. The van der Waals surface area contributed by atoms with E-state index in [-0.39, 0.29) is 39.5 Å². The van der Waals surface area contributed by atoms with E-state index >= 15 is 0 Å². The molecule has 0 aliphatic heterocycles. The first-order chi connectivity index (χ1) is 3.91. The topological polar surface area (TPSA) is 160 Å². The summed E-state index contributed by atoms with van der Waals surface area (Å²) in [7, 11) is 0. The monoisotopic (exact) mass is 204 g/mol. The molecule has 0 amide bonds. The molecular formula is C9H24N4O. The van der Waals surface area contributed by atoms with Crippen LogP contribution in [0.3, 0.4) is 0 Å². The van der Waals surface area contributed by atoms with Crippen LogP contribution < -0.4 is 24.6 Å². The van der Waals surface area contributed by atoms with Gasteiger partial charge in [0.2, 0.25) is 0 Å². The second-order valence-electron chi connectivity index (χ2n) is 0.862. The molecule has 86 valence electrons. The Labute approximate surface area is 88.0 Å². The summed E-state index contributed by atoms with van der Waals surface area (Å²) in [6.45, 7) is 1.68. The molecule has 13 N–H and O–H groups in total. The summed E-state index contributed by atoms with van der Waals surface area (Å²) in [5.41, 5.74) is 0. The predicted octanol–water partition coefficient (Wildman–Crippen LogP) is 2.27. The molecule has 0 aromatic rings. The van der Waals surface area contributed by atoms with Crippen LogP contribution in [0.15, 0.2) is 0 Å². The standard InChI is InChI=1S/C7H4O.2CH4.4H3N/c1-2-3-4-5-6-7-8;;;;;;/h8H,1H3;2*1H4;4*1H3. The van der Waals surface area contributed by atoms with E-state index in [1.807, 2.05) is 0 Å². The number of hydrogen-bond acceptors (Lipinski definition) is 5. The minimum atomic E-state index is 0. The normalized spacial score (nSPS) is 2.07. The fraction of sp³-hybridized carbons (Fsp3) is 0.333. The number of rotatable bonds is 0. The maximum Gasteiger partial charge on any atom is 0.122 e. The number of aliphatic hydroxyl groups is 1. The van der Waals surface area contributed by atoms with Gasteiger partial charge in [-0.1, -0.05) is 20.8 Å². The molecule has 0 bridgehead atoms. The van der Waals surface area contributed by atoms with E-state index in [1.54, 1.807) is 13.0 Å².